The second-order valence-electron chi connectivity index (χ2n) is 7.58. The Morgan fingerprint density at radius 2 is 1.33 bits per heavy atom. The molecule has 1 radical (unpaired) electrons. The summed E-state index contributed by atoms with van der Waals surface area (Å²) < 4.78 is 6.94. The average molecular weight is 509 g/mol. The maximum atomic E-state index is 6.94. The van der Waals surface area contributed by atoms with Gasteiger partial charge in [0.1, 0.15) is 0 Å². The molecular formula is C23H29Br2OSi. The van der Waals surface area contributed by atoms with Crippen molar-refractivity contribution in [3.05, 3.63) is 72.0 Å². The van der Waals surface area contributed by atoms with Crippen LogP contribution < -0.4 is 10.4 Å². The van der Waals surface area contributed by atoms with Crippen molar-refractivity contribution in [3.8, 4) is 0 Å². The van der Waals surface area contributed by atoms with Crippen molar-refractivity contribution in [2.75, 3.05) is 10.7 Å². The zero-order chi connectivity index (χ0) is 19.7. The standard InChI is InChI=1S/C23H29Br2OSi/c1-23(2,3)22(19(16-18-25)11-10-17-24)26-27(20-12-6-4-7-13-20)21-14-8-5-9-15-21/h4-9,12-15H,10-11,16-18H2,1-3H3/b22-19-. The number of allylic oxidation sites excluding steroid dienone is 2. The zero-order valence-electron chi connectivity index (χ0n) is 16.5. The third-order valence-corrected chi connectivity index (χ3v) is 7.37. The highest BCUT2D eigenvalue weighted by Gasteiger charge is 2.29. The molecule has 2 rings (SSSR count). The molecule has 0 unspecified atom stereocenters. The number of hydrogen-bond acceptors (Lipinski definition) is 1. The second-order valence-corrected chi connectivity index (χ2v) is 11.2. The smallest absolute Gasteiger partial charge is 0.352 e. The quantitative estimate of drug-likeness (QED) is 0.227. The number of rotatable bonds is 9. The molecule has 0 amide bonds. The van der Waals surface area contributed by atoms with Crippen LogP contribution in [0.2, 0.25) is 0 Å². The molecule has 0 N–H and O–H groups in total. The summed E-state index contributed by atoms with van der Waals surface area (Å²) in [4.78, 5) is 0. The van der Waals surface area contributed by atoms with Gasteiger partial charge in [-0.2, -0.15) is 0 Å². The molecule has 0 saturated heterocycles. The molecule has 2 aromatic rings. The normalized spacial score (nSPS) is 12.8. The van der Waals surface area contributed by atoms with Crippen LogP contribution in [0, 0.1) is 5.41 Å². The SMILES string of the molecule is CC(C)(C)/C(O[Si](c1ccccc1)c1ccccc1)=C(/CCBr)CCCBr. The third-order valence-electron chi connectivity index (χ3n) is 4.29. The molecular weight excluding hydrogens is 480 g/mol. The van der Waals surface area contributed by atoms with Gasteiger partial charge < -0.3 is 4.43 Å². The number of halogens is 2. The van der Waals surface area contributed by atoms with E-state index in [4.69, 9.17) is 4.43 Å². The van der Waals surface area contributed by atoms with E-state index in [1.54, 1.807) is 0 Å². The Kier molecular flexibility index (Phi) is 9.34. The lowest BCUT2D eigenvalue weighted by Crippen LogP contribution is -2.46. The predicted molar refractivity (Wildman–Crippen MR) is 127 cm³/mol. The fourth-order valence-electron chi connectivity index (χ4n) is 3.07. The molecule has 27 heavy (non-hydrogen) atoms. The maximum Gasteiger partial charge on any atom is 0.352 e. The Morgan fingerprint density at radius 3 is 1.74 bits per heavy atom. The topological polar surface area (TPSA) is 9.23 Å². The third kappa shape index (κ3) is 6.92. The minimum atomic E-state index is -1.35. The Labute approximate surface area is 183 Å². The van der Waals surface area contributed by atoms with E-state index in [9.17, 15) is 0 Å². The molecule has 1 nitrogen and oxygen atoms in total. The molecule has 0 aliphatic carbocycles. The van der Waals surface area contributed by atoms with Crippen LogP contribution in [0.3, 0.4) is 0 Å². The van der Waals surface area contributed by atoms with Crippen LogP contribution in [-0.2, 0) is 4.43 Å². The van der Waals surface area contributed by atoms with E-state index in [2.05, 4.69) is 113 Å². The van der Waals surface area contributed by atoms with E-state index in [1.807, 2.05) is 0 Å². The molecule has 0 fully saturated rings. The van der Waals surface area contributed by atoms with Crippen LogP contribution in [0.1, 0.15) is 40.0 Å². The van der Waals surface area contributed by atoms with Crippen molar-refractivity contribution in [1.29, 1.82) is 0 Å². The van der Waals surface area contributed by atoms with Crippen LogP contribution in [0.5, 0.6) is 0 Å². The van der Waals surface area contributed by atoms with Gasteiger partial charge in [0.15, 0.2) is 0 Å². The lowest BCUT2D eigenvalue weighted by Gasteiger charge is -2.31. The zero-order valence-corrected chi connectivity index (χ0v) is 20.6. The van der Waals surface area contributed by atoms with Gasteiger partial charge in [0, 0.05) is 16.1 Å². The Morgan fingerprint density at radius 1 is 0.815 bits per heavy atom. The van der Waals surface area contributed by atoms with Gasteiger partial charge in [0.2, 0.25) is 0 Å². The van der Waals surface area contributed by atoms with Crippen molar-refractivity contribution in [2.24, 2.45) is 5.41 Å². The predicted octanol–water partition coefficient (Wildman–Crippen LogP) is 6.07. The van der Waals surface area contributed by atoms with E-state index >= 15 is 0 Å². The molecule has 145 valence electrons. The van der Waals surface area contributed by atoms with E-state index in [-0.39, 0.29) is 5.41 Å². The van der Waals surface area contributed by atoms with E-state index in [0.717, 1.165) is 29.9 Å². The summed E-state index contributed by atoms with van der Waals surface area (Å²) in [5.74, 6) is 1.17. The van der Waals surface area contributed by atoms with E-state index in [1.165, 1.54) is 21.7 Å². The monoisotopic (exact) mass is 507 g/mol. The lowest BCUT2D eigenvalue weighted by molar-refractivity contribution is 0.293. The van der Waals surface area contributed by atoms with Crippen LogP contribution >= 0.6 is 31.9 Å². The highest BCUT2D eigenvalue weighted by atomic mass is 79.9. The first-order chi connectivity index (χ1) is 13.0. The summed E-state index contributed by atoms with van der Waals surface area (Å²) >= 11 is 7.22. The molecule has 0 saturated carbocycles. The van der Waals surface area contributed by atoms with Crippen LogP contribution in [0.15, 0.2) is 72.0 Å². The summed E-state index contributed by atoms with van der Waals surface area (Å²) in [6.07, 6.45) is 3.23. The fourth-order valence-corrected chi connectivity index (χ4v) is 6.04. The lowest BCUT2D eigenvalue weighted by atomic mass is 9.88. The Hall–Kier alpha value is -0.843. The summed E-state index contributed by atoms with van der Waals surface area (Å²) in [5.41, 5.74) is 1.41. The van der Waals surface area contributed by atoms with Gasteiger partial charge >= 0.3 is 9.04 Å². The highest BCUT2D eigenvalue weighted by molar-refractivity contribution is 9.09. The van der Waals surface area contributed by atoms with Crippen molar-refractivity contribution in [1.82, 2.24) is 0 Å². The molecule has 4 heteroatoms. The average Bonchev–Trinajstić information content (AvgIpc) is 2.67. The number of benzene rings is 2. The van der Waals surface area contributed by atoms with Gasteiger partial charge in [-0.05, 0) is 35.2 Å². The molecule has 0 spiro atoms. The van der Waals surface area contributed by atoms with Gasteiger partial charge in [-0.25, -0.2) is 0 Å². The van der Waals surface area contributed by atoms with Gasteiger partial charge in [0.25, 0.3) is 0 Å². The summed E-state index contributed by atoms with van der Waals surface area (Å²) in [6, 6.07) is 21.4. The van der Waals surface area contributed by atoms with Gasteiger partial charge in [-0.3, -0.25) is 0 Å². The molecule has 0 bridgehead atoms. The maximum absolute atomic E-state index is 6.94. The van der Waals surface area contributed by atoms with E-state index < -0.39 is 9.04 Å². The number of alkyl halides is 2. The molecule has 0 aliphatic rings. The van der Waals surface area contributed by atoms with Crippen molar-refractivity contribution < 1.29 is 4.43 Å². The second kappa shape index (κ2) is 11.2. The first kappa shape index (κ1) is 22.4. The Bertz CT molecular complexity index is 669. The summed E-state index contributed by atoms with van der Waals surface area (Å²) in [7, 11) is -1.35. The minimum Gasteiger partial charge on any atom is -0.535 e. The Balaban J connectivity index is 2.49. The van der Waals surface area contributed by atoms with Crippen molar-refractivity contribution >= 4 is 51.3 Å². The molecule has 0 atom stereocenters. The molecule has 0 aliphatic heterocycles. The van der Waals surface area contributed by atoms with Crippen LogP contribution in [-0.4, -0.2) is 19.7 Å². The molecule has 2 aromatic carbocycles. The highest BCUT2D eigenvalue weighted by Crippen LogP contribution is 2.33. The van der Waals surface area contributed by atoms with Crippen molar-refractivity contribution in [3.63, 3.8) is 0 Å². The first-order valence-electron chi connectivity index (χ1n) is 9.47. The first-order valence-corrected chi connectivity index (χ1v) is 13.1. The molecule has 0 aromatic heterocycles. The summed E-state index contributed by atoms with van der Waals surface area (Å²) in [5, 5.41) is 4.56. The van der Waals surface area contributed by atoms with Gasteiger partial charge in [0.05, 0.1) is 5.76 Å². The van der Waals surface area contributed by atoms with E-state index in [0.29, 0.717) is 0 Å². The van der Waals surface area contributed by atoms with Crippen LogP contribution in [0.25, 0.3) is 0 Å². The molecule has 0 heterocycles. The number of hydrogen-bond donors (Lipinski definition) is 0. The van der Waals surface area contributed by atoms with Crippen LogP contribution in [0.4, 0.5) is 0 Å². The van der Waals surface area contributed by atoms with Crippen molar-refractivity contribution in [2.45, 2.75) is 40.0 Å². The minimum absolute atomic E-state index is 0.0245. The van der Waals surface area contributed by atoms with Gasteiger partial charge in [-0.15, -0.1) is 0 Å². The largest absolute Gasteiger partial charge is 0.535 e. The summed E-state index contributed by atoms with van der Waals surface area (Å²) in [6.45, 7) is 6.79. The fraction of sp³-hybridized carbons (Fsp3) is 0.391. The van der Waals surface area contributed by atoms with Gasteiger partial charge in [-0.1, -0.05) is 113 Å².